The largest absolute Gasteiger partial charge is 0.497 e. The second-order valence-electron chi connectivity index (χ2n) is 11.5. The van der Waals surface area contributed by atoms with Gasteiger partial charge in [0.15, 0.2) is 23.2 Å². The first-order valence-corrected chi connectivity index (χ1v) is 15.7. The Labute approximate surface area is 281 Å². The van der Waals surface area contributed by atoms with Gasteiger partial charge in [-0.1, -0.05) is 78.0 Å². The van der Waals surface area contributed by atoms with Crippen LogP contribution >= 0.6 is 0 Å². The highest BCUT2D eigenvalue weighted by atomic mass is 19.1. The zero-order chi connectivity index (χ0) is 33.8. The van der Waals surface area contributed by atoms with Crippen LogP contribution in [0.5, 0.6) is 11.5 Å². The summed E-state index contributed by atoms with van der Waals surface area (Å²) in [5.41, 5.74) is 2.36. The Morgan fingerprint density at radius 1 is 0.857 bits per heavy atom. The van der Waals surface area contributed by atoms with E-state index in [0.29, 0.717) is 17.1 Å². The van der Waals surface area contributed by atoms with Crippen molar-refractivity contribution in [2.24, 2.45) is 0 Å². The minimum absolute atomic E-state index is 0.0455. The van der Waals surface area contributed by atoms with E-state index in [2.05, 4.69) is 25.6 Å². The summed E-state index contributed by atoms with van der Waals surface area (Å²) in [7, 11) is 3.24. The quantitative estimate of drug-likeness (QED) is 0.164. The number of amides is 1. The lowest BCUT2D eigenvalue weighted by molar-refractivity contribution is -0.0838. The van der Waals surface area contributed by atoms with Gasteiger partial charge in [-0.2, -0.15) is 4.68 Å². The van der Waals surface area contributed by atoms with Gasteiger partial charge in [0.2, 0.25) is 0 Å². The number of hydrogen-bond acceptors (Lipinski definition) is 9. The fourth-order valence-corrected chi connectivity index (χ4v) is 6.11. The van der Waals surface area contributed by atoms with Crippen molar-refractivity contribution in [2.45, 2.75) is 30.5 Å². The molecule has 1 aliphatic rings. The molecular formula is C37H33FN6O5. The van der Waals surface area contributed by atoms with Crippen LogP contribution in [-0.4, -0.2) is 64.0 Å². The van der Waals surface area contributed by atoms with Crippen LogP contribution in [0, 0.1) is 0 Å². The van der Waals surface area contributed by atoms with E-state index in [1.807, 2.05) is 84.9 Å². The monoisotopic (exact) mass is 660 g/mol. The van der Waals surface area contributed by atoms with Gasteiger partial charge in [0.05, 0.1) is 26.9 Å². The third kappa shape index (κ3) is 6.19. The molecule has 11 nitrogen and oxygen atoms in total. The molecule has 0 unspecified atom stereocenters. The Hall–Kier alpha value is -5.72. The van der Waals surface area contributed by atoms with E-state index in [-0.39, 0.29) is 35.9 Å². The van der Waals surface area contributed by atoms with Crippen LogP contribution in [0.15, 0.2) is 116 Å². The molecule has 1 saturated heterocycles. The molecule has 3 heterocycles. The maximum absolute atomic E-state index is 15.8. The fourth-order valence-electron chi connectivity index (χ4n) is 6.11. The van der Waals surface area contributed by atoms with Crippen molar-refractivity contribution in [3.8, 4) is 11.5 Å². The first-order valence-electron chi connectivity index (χ1n) is 15.7. The number of halogens is 1. The Balaban J connectivity index is 1.18. The van der Waals surface area contributed by atoms with Gasteiger partial charge < -0.3 is 24.3 Å². The van der Waals surface area contributed by atoms with E-state index in [0.717, 1.165) is 16.7 Å². The van der Waals surface area contributed by atoms with E-state index in [1.165, 1.54) is 11.0 Å². The molecule has 7 rings (SSSR count). The van der Waals surface area contributed by atoms with Gasteiger partial charge in [0, 0.05) is 12.0 Å². The molecule has 0 radical (unpaired) electrons. The highest BCUT2D eigenvalue weighted by Crippen LogP contribution is 2.43. The van der Waals surface area contributed by atoms with E-state index < -0.39 is 24.1 Å². The average molecular weight is 661 g/mol. The van der Waals surface area contributed by atoms with E-state index in [1.54, 1.807) is 38.5 Å². The molecule has 1 amide bonds. The number of carbonyl (C=O) groups excluding carboxylic acids is 1. The summed E-state index contributed by atoms with van der Waals surface area (Å²) in [5.74, 6) is 1.19. The number of hydrogen-bond donors (Lipinski definition) is 1. The second kappa shape index (κ2) is 13.8. The van der Waals surface area contributed by atoms with Crippen molar-refractivity contribution < 1.29 is 28.1 Å². The molecule has 0 saturated carbocycles. The number of methoxy groups -OCH3 is 2. The molecule has 0 spiro atoms. The molecule has 1 aliphatic heterocycles. The molecule has 248 valence electrons. The molecular weight excluding hydrogens is 627 g/mol. The number of carbonyl (C=O) groups is 1. The lowest BCUT2D eigenvalue weighted by Gasteiger charge is -2.37. The number of benzene rings is 4. The Bertz CT molecular complexity index is 1980. The second-order valence-corrected chi connectivity index (χ2v) is 11.5. The minimum atomic E-state index is -1.44. The number of nitrogens with one attached hydrogen (secondary N) is 1. The third-order valence-electron chi connectivity index (χ3n) is 8.56. The van der Waals surface area contributed by atoms with Gasteiger partial charge in [0.1, 0.15) is 29.6 Å². The van der Waals surface area contributed by atoms with Crippen LogP contribution in [0.4, 0.5) is 10.2 Å². The summed E-state index contributed by atoms with van der Waals surface area (Å²) in [4.78, 5) is 21.3. The van der Waals surface area contributed by atoms with Gasteiger partial charge >= 0.3 is 0 Å². The summed E-state index contributed by atoms with van der Waals surface area (Å²) >= 11 is 0. The number of alkyl halides is 1. The topological polar surface area (TPSA) is 123 Å². The maximum atomic E-state index is 15.8. The lowest BCUT2D eigenvalue weighted by atomic mass is 9.80. The van der Waals surface area contributed by atoms with Gasteiger partial charge in [-0.25, -0.2) is 14.4 Å². The summed E-state index contributed by atoms with van der Waals surface area (Å²) in [6.45, 7) is 0.0455. The summed E-state index contributed by atoms with van der Waals surface area (Å²) in [6.07, 6.45) is -1.89. The highest BCUT2D eigenvalue weighted by Gasteiger charge is 2.43. The number of aromatic nitrogens is 5. The van der Waals surface area contributed by atoms with E-state index >= 15 is 4.39 Å². The predicted octanol–water partition coefficient (Wildman–Crippen LogP) is 6.13. The molecule has 1 N–H and O–H groups in total. The van der Waals surface area contributed by atoms with Crippen LogP contribution in [0.3, 0.4) is 0 Å². The number of anilines is 1. The smallest absolute Gasteiger partial charge is 0.256 e. The van der Waals surface area contributed by atoms with Crippen LogP contribution in [0.1, 0.15) is 39.7 Å². The van der Waals surface area contributed by atoms with Crippen LogP contribution in [0.25, 0.3) is 11.2 Å². The third-order valence-corrected chi connectivity index (χ3v) is 8.56. The molecule has 0 aliphatic carbocycles. The number of nitrogens with zero attached hydrogens (tertiary/aromatic N) is 5. The minimum Gasteiger partial charge on any atom is -0.497 e. The van der Waals surface area contributed by atoms with Crippen LogP contribution < -0.4 is 14.8 Å². The number of rotatable bonds is 11. The summed E-state index contributed by atoms with van der Waals surface area (Å²) < 4.78 is 41.2. The van der Waals surface area contributed by atoms with Crippen molar-refractivity contribution in [1.29, 1.82) is 0 Å². The Kier molecular flexibility index (Phi) is 8.97. The van der Waals surface area contributed by atoms with Crippen LogP contribution in [-0.2, 0) is 15.1 Å². The molecule has 49 heavy (non-hydrogen) atoms. The van der Waals surface area contributed by atoms with Gasteiger partial charge in [0.25, 0.3) is 5.91 Å². The number of ether oxygens (including phenoxy) is 4. The van der Waals surface area contributed by atoms with Crippen molar-refractivity contribution in [1.82, 2.24) is 25.0 Å². The Morgan fingerprint density at radius 3 is 2.06 bits per heavy atom. The van der Waals surface area contributed by atoms with Gasteiger partial charge in [-0.3, -0.25) is 4.79 Å². The van der Waals surface area contributed by atoms with Crippen molar-refractivity contribution in [2.75, 3.05) is 26.1 Å². The summed E-state index contributed by atoms with van der Waals surface area (Å²) in [6, 6.07) is 33.9. The molecule has 2 aromatic heterocycles. The average Bonchev–Trinajstić information content (AvgIpc) is 3.76. The Morgan fingerprint density at radius 2 is 1.45 bits per heavy atom. The zero-order valence-corrected chi connectivity index (χ0v) is 26.8. The molecule has 3 atom stereocenters. The lowest BCUT2D eigenvalue weighted by Crippen LogP contribution is -2.35. The summed E-state index contributed by atoms with van der Waals surface area (Å²) in [5, 5.41) is 11.1. The standard InChI is InChI=1S/C37H33FN6O5/c1-46-28-17-13-26(14-18-28)37(25-11-7-4-8-12-25,27-15-19-29(47-2)20-16-27)48-22-30-21-31(38)36(49-30)44-34-32(42-43-44)33(39-23-40-34)41-35(45)24-9-5-3-6-10-24/h3-20,23,30-31,36H,21-22H2,1-2H3,(H,39,40,41,45)/t30-,31-,36-/m1/s1. The molecule has 6 aromatic rings. The van der Waals surface area contributed by atoms with E-state index in [9.17, 15) is 4.79 Å². The predicted molar refractivity (Wildman–Crippen MR) is 179 cm³/mol. The number of fused-ring (bicyclic) bond motifs is 1. The fraction of sp³-hybridized carbons (Fsp3) is 0.216. The normalized spacial score (nSPS) is 17.6. The SMILES string of the molecule is COc1ccc(C(OC[C@H]2C[C@@H](F)[C@H](n3nnc4c(NC(=O)c5ccccc5)ncnc43)O2)(c2ccccc2)c2ccc(OC)cc2)cc1. The maximum Gasteiger partial charge on any atom is 0.256 e. The van der Waals surface area contributed by atoms with Gasteiger partial charge in [-0.05, 0) is 53.1 Å². The van der Waals surface area contributed by atoms with Crippen LogP contribution in [0.2, 0.25) is 0 Å². The first-order chi connectivity index (χ1) is 24.0. The molecule has 12 heteroatoms. The molecule has 4 aromatic carbocycles. The van der Waals surface area contributed by atoms with Gasteiger partial charge in [-0.15, -0.1) is 5.10 Å². The van der Waals surface area contributed by atoms with E-state index in [4.69, 9.17) is 18.9 Å². The van der Waals surface area contributed by atoms with Crippen molar-refractivity contribution >= 4 is 22.9 Å². The molecule has 0 bridgehead atoms. The van der Waals surface area contributed by atoms with Crippen molar-refractivity contribution in [3.05, 3.63) is 138 Å². The highest BCUT2D eigenvalue weighted by molar-refractivity contribution is 6.06. The zero-order valence-electron chi connectivity index (χ0n) is 26.8. The van der Waals surface area contributed by atoms with Crippen molar-refractivity contribution in [3.63, 3.8) is 0 Å². The molecule has 1 fully saturated rings. The first kappa shape index (κ1) is 31.9.